The summed E-state index contributed by atoms with van der Waals surface area (Å²) in [4.78, 5) is 1.17. The Balaban J connectivity index is 1.48. The molecule has 2 heterocycles. The van der Waals surface area contributed by atoms with Gasteiger partial charge in [0.05, 0.1) is 19.8 Å². The largest absolute Gasteiger partial charge is 0.381 e. The summed E-state index contributed by atoms with van der Waals surface area (Å²) >= 11 is 1.66. The molecule has 4 rings (SSSR count). The molecular weight excluding hydrogens is 369 g/mol. The van der Waals surface area contributed by atoms with Gasteiger partial charge in [0.25, 0.3) is 0 Å². The van der Waals surface area contributed by atoms with Crippen LogP contribution in [0.3, 0.4) is 0 Å². The molecule has 4 heteroatoms. The quantitative estimate of drug-likeness (QED) is 0.556. The standard InChI is InChI=1S/C24H24FNOS/c1-18-7-10-24(21-5-3-2-4-6-21)28-26(18)17-22-9-8-20(16-23(22)25)15-19-11-13-27-14-12-19/h2-10,15-16H,11-14,17H2,1H3. The van der Waals surface area contributed by atoms with Gasteiger partial charge in [-0.2, -0.15) is 0 Å². The summed E-state index contributed by atoms with van der Waals surface area (Å²) in [6.07, 6.45) is 8.21. The van der Waals surface area contributed by atoms with Crippen molar-refractivity contribution in [2.24, 2.45) is 0 Å². The SMILES string of the molecule is CC1=CC=C(c2ccccc2)SN1Cc1ccc(C=C2CCOCC2)cc1F. The monoisotopic (exact) mass is 393 g/mol. The van der Waals surface area contributed by atoms with Crippen molar-refractivity contribution in [1.82, 2.24) is 4.31 Å². The second-order valence-corrected chi connectivity index (χ2v) is 8.16. The third kappa shape index (κ3) is 4.57. The first kappa shape index (κ1) is 19.0. The number of hydrogen-bond acceptors (Lipinski definition) is 3. The lowest BCUT2D eigenvalue weighted by molar-refractivity contribution is 0.119. The van der Waals surface area contributed by atoms with E-state index in [2.05, 4.69) is 41.6 Å². The summed E-state index contributed by atoms with van der Waals surface area (Å²) in [5, 5.41) is 0. The number of benzene rings is 2. The lowest BCUT2D eigenvalue weighted by Crippen LogP contribution is -2.16. The minimum atomic E-state index is -0.148. The average Bonchev–Trinajstić information content (AvgIpc) is 2.73. The minimum absolute atomic E-state index is 0.148. The van der Waals surface area contributed by atoms with Gasteiger partial charge in [0.15, 0.2) is 0 Å². The average molecular weight is 394 g/mol. The number of ether oxygens (including phenoxy) is 1. The molecule has 144 valence electrons. The van der Waals surface area contributed by atoms with E-state index < -0.39 is 0 Å². The van der Waals surface area contributed by atoms with E-state index >= 15 is 0 Å². The Morgan fingerprint density at radius 2 is 1.86 bits per heavy atom. The molecule has 2 nitrogen and oxygen atoms in total. The fraction of sp³-hybridized carbons (Fsp3) is 0.250. The van der Waals surface area contributed by atoms with Gasteiger partial charge in [-0.25, -0.2) is 4.39 Å². The highest BCUT2D eigenvalue weighted by molar-refractivity contribution is 8.06. The summed E-state index contributed by atoms with van der Waals surface area (Å²) in [7, 11) is 0. The lowest BCUT2D eigenvalue weighted by Gasteiger charge is -2.28. The van der Waals surface area contributed by atoms with Gasteiger partial charge < -0.3 is 9.04 Å². The normalized spacial score (nSPS) is 17.2. The van der Waals surface area contributed by atoms with E-state index in [0.717, 1.165) is 37.3 Å². The number of hydrogen-bond donors (Lipinski definition) is 0. The topological polar surface area (TPSA) is 12.5 Å². The Labute approximate surface area is 170 Å². The van der Waals surface area contributed by atoms with E-state index in [0.29, 0.717) is 12.1 Å². The first-order chi connectivity index (χ1) is 13.7. The van der Waals surface area contributed by atoms with Crippen LogP contribution in [0.5, 0.6) is 0 Å². The van der Waals surface area contributed by atoms with Crippen molar-refractivity contribution < 1.29 is 9.13 Å². The van der Waals surface area contributed by atoms with Crippen LogP contribution in [-0.4, -0.2) is 17.5 Å². The van der Waals surface area contributed by atoms with Crippen molar-refractivity contribution in [1.29, 1.82) is 0 Å². The van der Waals surface area contributed by atoms with E-state index in [9.17, 15) is 4.39 Å². The van der Waals surface area contributed by atoms with Gasteiger partial charge in [0, 0.05) is 16.2 Å². The molecule has 1 fully saturated rings. The molecule has 2 aliphatic rings. The van der Waals surface area contributed by atoms with Crippen LogP contribution in [0.2, 0.25) is 0 Å². The minimum Gasteiger partial charge on any atom is -0.381 e. The Bertz CT molecular complexity index is 925. The van der Waals surface area contributed by atoms with Crippen LogP contribution >= 0.6 is 11.9 Å². The second kappa shape index (κ2) is 8.80. The third-order valence-electron chi connectivity index (χ3n) is 5.03. The first-order valence-corrected chi connectivity index (χ1v) is 10.4. The van der Waals surface area contributed by atoms with Crippen LogP contribution in [0.25, 0.3) is 11.0 Å². The predicted octanol–water partition coefficient (Wildman–Crippen LogP) is 6.43. The lowest BCUT2D eigenvalue weighted by atomic mass is 10.0. The molecule has 2 aliphatic heterocycles. The van der Waals surface area contributed by atoms with Crippen molar-refractivity contribution in [3.63, 3.8) is 0 Å². The Hall–Kier alpha value is -2.30. The van der Waals surface area contributed by atoms with Gasteiger partial charge in [-0.05, 0) is 61.1 Å². The zero-order valence-corrected chi connectivity index (χ0v) is 16.8. The zero-order chi connectivity index (χ0) is 19.3. The molecule has 0 spiro atoms. The molecule has 0 aliphatic carbocycles. The molecular formula is C24H24FNOS. The molecule has 0 saturated carbocycles. The zero-order valence-electron chi connectivity index (χ0n) is 16.0. The maximum Gasteiger partial charge on any atom is 0.128 e. The van der Waals surface area contributed by atoms with Gasteiger partial charge in [-0.15, -0.1) is 0 Å². The number of rotatable bonds is 4. The van der Waals surface area contributed by atoms with Gasteiger partial charge >= 0.3 is 0 Å². The number of allylic oxidation sites excluding steroid dienone is 3. The fourth-order valence-electron chi connectivity index (χ4n) is 3.36. The predicted molar refractivity (Wildman–Crippen MR) is 116 cm³/mol. The van der Waals surface area contributed by atoms with Crippen molar-refractivity contribution in [2.45, 2.75) is 26.3 Å². The van der Waals surface area contributed by atoms with Crippen LogP contribution in [0.1, 0.15) is 36.5 Å². The molecule has 1 saturated heterocycles. The van der Waals surface area contributed by atoms with E-state index in [1.807, 2.05) is 30.3 Å². The second-order valence-electron chi connectivity index (χ2n) is 7.10. The highest BCUT2D eigenvalue weighted by Gasteiger charge is 2.17. The van der Waals surface area contributed by atoms with E-state index in [-0.39, 0.29) is 5.82 Å². The molecule has 0 aromatic heterocycles. The van der Waals surface area contributed by atoms with Gasteiger partial charge in [0.1, 0.15) is 5.82 Å². The van der Waals surface area contributed by atoms with Crippen molar-refractivity contribution in [3.05, 3.63) is 94.5 Å². The number of nitrogens with zero attached hydrogens (tertiary/aromatic N) is 1. The van der Waals surface area contributed by atoms with Crippen molar-refractivity contribution in [3.8, 4) is 0 Å². The van der Waals surface area contributed by atoms with Crippen LogP contribution in [0.15, 0.2) is 72.0 Å². The fourth-order valence-corrected chi connectivity index (χ4v) is 4.38. The van der Waals surface area contributed by atoms with Crippen LogP contribution in [0.4, 0.5) is 4.39 Å². The Morgan fingerprint density at radius 1 is 1.07 bits per heavy atom. The maximum absolute atomic E-state index is 14.8. The Morgan fingerprint density at radius 3 is 2.61 bits per heavy atom. The summed E-state index contributed by atoms with van der Waals surface area (Å²) in [5.74, 6) is -0.148. The molecule has 0 amide bonds. The molecule has 2 aromatic carbocycles. The maximum atomic E-state index is 14.8. The summed E-state index contributed by atoms with van der Waals surface area (Å²) in [6, 6.07) is 15.9. The van der Waals surface area contributed by atoms with E-state index in [1.165, 1.54) is 16.0 Å². The van der Waals surface area contributed by atoms with Gasteiger partial charge in [-0.1, -0.05) is 54.1 Å². The molecule has 28 heavy (non-hydrogen) atoms. The highest BCUT2D eigenvalue weighted by Crippen LogP contribution is 2.38. The third-order valence-corrected chi connectivity index (χ3v) is 6.24. The molecule has 0 bridgehead atoms. The smallest absolute Gasteiger partial charge is 0.128 e. The summed E-state index contributed by atoms with van der Waals surface area (Å²) in [6.45, 7) is 4.13. The molecule has 2 aromatic rings. The van der Waals surface area contributed by atoms with Crippen molar-refractivity contribution in [2.75, 3.05) is 13.2 Å². The molecule has 0 radical (unpaired) electrons. The van der Waals surface area contributed by atoms with Crippen LogP contribution in [0, 0.1) is 5.82 Å². The van der Waals surface area contributed by atoms with Gasteiger partial charge in [-0.3, -0.25) is 0 Å². The van der Waals surface area contributed by atoms with Crippen molar-refractivity contribution >= 4 is 22.9 Å². The molecule has 0 N–H and O–H groups in total. The van der Waals surface area contributed by atoms with E-state index in [4.69, 9.17) is 4.74 Å². The van der Waals surface area contributed by atoms with E-state index in [1.54, 1.807) is 18.0 Å². The Kier molecular flexibility index (Phi) is 5.98. The first-order valence-electron chi connectivity index (χ1n) is 9.64. The molecule has 0 unspecified atom stereocenters. The van der Waals surface area contributed by atoms with Crippen LogP contribution < -0.4 is 0 Å². The summed E-state index contributed by atoms with van der Waals surface area (Å²) < 4.78 is 22.3. The number of halogens is 1. The summed E-state index contributed by atoms with van der Waals surface area (Å²) in [5.41, 5.74) is 5.28. The van der Waals surface area contributed by atoms with Gasteiger partial charge in [0.2, 0.25) is 0 Å². The molecule has 0 atom stereocenters. The van der Waals surface area contributed by atoms with Crippen LogP contribution in [-0.2, 0) is 11.3 Å². The highest BCUT2D eigenvalue weighted by atomic mass is 32.2.